The highest BCUT2D eigenvalue weighted by Gasteiger charge is 2.40. The fourth-order valence-corrected chi connectivity index (χ4v) is 5.55. The van der Waals surface area contributed by atoms with E-state index in [-0.39, 0.29) is 31.2 Å². The molecule has 0 spiro atoms. The highest BCUT2D eigenvalue weighted by Crippen LogP contribution is 2.44. The highest BCUT2D eigenvalue weighted by molar-refractivity contribution is 7.09. The molecule has 180 valence electrons. The van der Waals surface area contributed by atoms with Crippen molar-refractivity contribution in [3.8, 4) is 11.1 Å². The zero-order valence-electron chi connectivity index (χ0n) is 19.0. The van der Waals surface area contributed by atoms with Crippen LogP contribution in [0.2, 0.25) is 0 Å². The molecule has 3 N–H and O–H groups in total. The van der Waals surface area contributed by atoms with E-state index in [1.165, 1.54) is 11.3 Å². The molecule has 35 heavy (non-hydrogen) atoms. The maximum Gasteiger partial charge on any atom is 0.407 e. The quantitative estimate of drug-likeness (QED) is 0.432. The maximum absolute atomic E-state index is 12.6. The number of aromatic nitrogens is 1. The Labute approximate surface area is 206 Å². The Bertz CT molecular complexity index is 1240. The van der Waals surface area contributed by atoms with E-state index in [0.717, 1.165) is 28.7 Å². The minimum absolute atomic E-state index is 0.0204. The molecule has 0 saturated heterocycles. The lowest BCUT2D eigenvalue weighted by Gasteiger charge is -2.41. The first-order chi connectivity index (χ1) is 16.9. The van der Waals surface area contributed by atoms with Crippen LogP contribution in [0.5, 0.6) is 0 Å². The predicted molar refractivity (Wildman–Crippen MR) is 130 cm³/mol. The maximum atomic E-state index is 12.6. The molecule has 2 aromatic carbocycles. The van der Waals surface area contributed by atoms with Crippen molar-refractivity contribution in [2.45, 2.75) is 43.7 Å². The second kappa shape index (κ2) is 9.50. The number of carboxylic acid groups (broad SMARTS) is 1. The van der Waals surface area contributed by atoms with Crippen molar-refractivity contribution >= 4 is 29.3 Å². The summed E-state index contributed by atoms with van der Waals surface area (Å²) in [6, 6.07) is 16.3. The Balaban J connectivity index is 1.14. The lowest BCUT2D eigenvalue weighted by molar-refractivity contribution is -0.139. The third kappa shape index (κ3) is 4.77. The predicted octanol–water partition coefficient (Wildman–Crippen LogP) is 4.31. The minimum atomic E-state index is -0.934. The molecule has 2 aliphatic carbocycles. The Hall–Kier alpha value is -3.72. The number of carbonyl (C=O) groups excluding carboxylic acids is 2. The van der Waals surface area contributed by atoms with Gasteiger partial charge in [-0.2, -0.15) is 0 Å². The van der Waals surface area contributed by atoms with Gasteiger partial charge >= 0.3 is 12.1 Å². The topological polar surface area (TPSA) is 118 Å². The van der Waals surface area contributed by atoms with Crippen LogP contribution >= 0.6 is 11.3 Å². The third-order valence-electron chi connectivity index (χ3n) is 6.69. The van der Waals surface area contributed by atoms with Crippen LogP contribution in [-0.2, 0) is 16.1 Å². The van der Waals surface area contributed by atoms with Gasteiger partial charge in [0, 0.05) is 11.3 Å². The smallest absolute Gasteiger partial charge is 0.407 e. The van der Waals surface area contributed by atoms with Gasteiger partial charge in [-0.15, -0.1) is 11.3 Å². The minimum Gasteiger partial charge on any atom is -0.481 e. The van der Waals surface area contributed by atoms with Crippen molar-refractivity contribution in [2.24, 2.45) is 0 Å². The highest BCUT2D eigenvalue weighted by atomic mass is 32.1. The second-order valence-electron chi connectivity index (χ2n) is 8.96. The standard InChI is InChI=1S/C26H25N3O5S/c30-23(31)12-26(10-5-11-26)29-24(32)21-15-35-22(28-21)13-27-25(33)34-14-20-18-8-3-1-6-16(18)17-7-2-4-9-19(17)20/h1-4,6-9,15,20H,5,10-14H2,(H,27,33)(H,29,32)(H,30,31). The lowest BCUT2D eigenvalue weighted by Crippen LogP contribution is -2.54. The van der Waals surface area contributed by atoms with Gasteiger partial charge in [-0.3, -0.25) is 9.59 Å². The molecule has 1 fully saturated rings. The summed E-state index contributed by atoms with van der Waals surface area (Å²) in [6.07, 6.45) is 1.53. The summed E-state index contributed by atoms with van der Waals surface area (Å²) in [6.45, 7) is 0.353. The van der Waals surface area contributed by atoms with Crippen molar-refractivity contribution < 1.29 is 24.2 Å². The van der Waals surface area contributed by atoms with Crippen LogP contribution in [0.1, 0.15) is 58.2 Å². The van der Waals surface area contributed by atoms with E-state index in [4.69, 9.17) is 9.84 Å². The number of aliphatic carboxylic acids is 1. The normalized spacial score (nSPS) is 15.4. The Morgan fingerprint density at radius 1 is 1.06 bits per heavy atom. The van der Waals surface area contributed by atoms with E-state index in [2.05, 4.69) is 39.9 Å². The van der Waals surface area contributed by atoms with Crippen LogP contribution in [0.15, 0.2) is 53.9 Å². The van der Waals surface area contributed by atoms with Gasteiger partial charge in [-0.25, -0.2) is 9.78 Å². The summed E-state index contributed by atoms with van der Waals surface area (Å²) >= 11 is 1.25. The fourth-order valence-electron chi connectivity index (χ4n) is 4.84. The van der Waals surface area contributed by atoms with Crippen molar-refractivity contribution in [3.63, 3.8) is 0 Å². The van der Waals surface area contributed by atoms with Gasteiger partial charge < -0.3 is 20.5 Å². The van der Waals surface area contributed by atoms with Gasteiger partial charge in [0.15, 0.2) is 0 Å². The molecule has 0 bridgehead atoms. The molecule has 5 rings (SSSR count). The number of amides is 2. The van der Waals surface area contributed by atoms with Crippen molar-refractivity contribution in [2.75, 3.05) is 6.61 Å². The zero-order valence-corrected chi connectivity index (χ0v) is 19.8. The molecule has 0 aliphatic heterocycles. The van der Waals surface area contributed by atoms with Gasteiger partial charge in [0.2, 0.25) is 0 Å². The van der Waals surface area contributed by atoms with Crippen LogP contribution in [0.3, 0.4) is 0 Å². The number of benzene rings is 2. The van der Waals surface area contributed by atoms with Crippen molar-refractivity contribution in [1.82, 2.24) is 15.6 Å². The number of thiazole rings is 1. The number of ether oxygens (including phenoxy) is 1. The molecule has 9 heteroatoms. The van der Waals surface area contributed by atoms with Gasteiger partial charge in [0.1, 0.15) is 17.3 Å². The summed E-state index contributed by atoms with van der Waals surface area (Å²) in [5.74, 6) is -1.35. The number of carboxylic acids is 1. The summed E-state index contributed by atoms with van der Waals surface area (Å²) in [4.78, 5) is 40.4. The average Bonchev–Trinajstić information content (AvgIpc) is 3.43. The number of nitrogens with zero attached hydrogens (tertiary/aromatic N) is 1. The van der Waals surface area contributed by atoms with E-state index in [0.29, 0.717) is 17.8 Å². The van der Waals surface area contributed by atoms with Gasteiger partial charge in [-0.05, 0) is 41.5 Å². The van der Waals surface area contributed by atoms with Gasteiger partial charge in [0.05, 0.1) is 18.5 Å². The molecule has 2 amide bonds. The Morgan fingerprint density at radius 2 is 1.71 bits per heavy atom. The van der Waals surface area contributed by atoms with Crippen LogP contribution in [0.4, 0.5) is 4.79 Å². The number of alkyl carbamates (subject to hydrolysis) is 1. The second-order valence-corrected chi connectivity index (χ2v) is 9.91. The van der Waals surface area contributed by atoms with E-state index in [1.807, 2.05) is 24.3 Å². The van der Waals surface area contributed by atoms with E-state index in [1.54, 1.807) is 5.38 Å². The van der Waals surface area contributed by atoms with Crippen LogP contribution in [0, 0.1) is 0 Å². The number of rotatable bonds is 8. The van der Waals surface area contributed by atoms with E-state index >= 15 is 0 Å². The van der Waals surface area contributed by atoms with Crippen LogP contribution < -0.4 is 10.6 Å². The van der Waals surface area contributed by atoms with Gasteiger partial charge in [-0.1, -0.05) is 48.5 Å². The first-order valence-electron chi connectivity index (χ1n) is 11.5. The summed E-state index contributed by atoms with van der Waals surface area (Å²) in [5.41, 5.74) is 4.14. The SMILES string of the molecule is O=C(O)CC1(NC(=O)c2csc(CNC(=O)OCC3c4ccccc4-c4ccccc43)n2)CCC1. The molecule has 8 nitrogen and oxygen atoms in total. The van der Waals surface area contributed by atoms with E-state index in [9.17, 15) is 14.4 Å². The first kappa shape index (κ1) is 23.0. The Morgan fingerprint density at radius 3 is 2.31 bits per heavy atom. The van der Waals surface area contributed by atoms with Crippen LogP contribution in [-0.4, -0.2) is 40.2 Å². The average molecular weight is 492 g/mol. The molecular formula is C26H25N3O5S. The number of hydrogen-bond acceptors (Lipinski definition) is 6. The molecule has 3 aromatic rings. The van der Waals surface area contributed by atoms with Crippen molar-refractivity contribution in [3.05, 3.63) is 75.7 Å². The Kier molecular flexibility index (Phi) is 6.25. The largest absolute Gasteiger partial charge is 0.481 e. The molecule has 0 radical (unpaired) electrons. The molecule has 1 saturated carbocycles. The summed E-state index contributed by atoms with van der Waals surface area (Å²) in [7, 11) is 0. The third-order valence-corrected chi connectivity index (χ3v) is 7.54. The van der Waals surface area contributed by atoms with E-state index < -0.39 is 23.5 Å². The van der Waals surface area contributed by atoms with Gasteiger partial charge in [0.25, 0.3) is 5.91 Å². The number of nitrogens with one attached hydrogen (secondary N) is 2. The first-order valence-corrected chi connectivity index (χ1v) is 12.4. The summed E-state index contributed by atoms with van der Waals surface area (Å²) < 4.78 is 5.53. The molecule has 2 aliphatic rings. The van der Waals surface area contributed by atoms with Crippen LogP contribution in [0.25, 0.3) is 11.1 Å². The number of fused-ring (bicyclic) bond motifs is 3. The molecule has 0 unspecified atom stereocenters. The summed E-state index contributed by atoms with van der Waals surface area (Å²) in [5, 5.41) is 16.8. The molecular weight excluding hydrogens is 466 g/mol. The molecule has 1 heterocycles. The monoisotopic (exact) mass is 491 g/mol. The lowest BCUT2D eigenvalue weighted by atomic mass is 9.74. The zero-order chi connectivity index (χ0) is 24.4. The fraction of sp³-hybridized carbons (Fsp3) is 0.308. The molecule has 1 aromatic heterocycles. The number of carbonyl (C=O) groups is 3. The number of hydrogen-bond donors (Lipinski definition) is 3. The van der Waals surface area contributed by atoms with Crippen molar-refractivity contribution in [1.29, 1.82) is 0 Å². The molecule has 0 atom stereocenters.